The molecule has 0 fully saturated rings. The molecule has 3 heteroatoms. The first-order chi connectivity index (χ1) is 9.90. The Kier molecular flexibility index (Phi) is 4.32. The molecular formula is C18H22N2O. The van der Waals surface area contributed by atoms with Gasteiger partial charge in [-0.2, -0.15) is 0 Å². The first-order valence-corrected chi connectivity index (χ1v) is 7.10. The molecule has 0 aliphatic heterocycles. The molecular weight excluding hydrogens is 260 g/mol. The quantitative estimate of drug-likeness (QED) is 0.845. The van der Waals surface area contributed by atoms with E-state index in [1.54, 1.807) is 12.1 Å². The molecule has 0 unspecified atom stereocenters. The molecule has 110 valence electrons. The zero-order valence-corrected chi connectivity index (χ0v) is 12.8. The monoisotopic (exact) mass is 282 g/mol. The van der Waals surface area contributed by atoms with Crippen molar-refractivity contribution in [2.75, 3.05) is 12.3 Å². The van der Waals surface area contributed by atoms with Gasteiger partial charge in [0.15, 0.2) is 0 Å². The van der Waals surface area contributed by atoms with E-state index in [4.69, 9.17) is 5.73 Å². The Hall–Kier alpha value is -2.29. The number of amides is 1. The lowest BCUT2D eigenvalue weighted by atomic mass is 9.84. The number of hydrogen-bond donors (Lipinski definition) is 2. The van der Waals surface area contributed by atoms with Gasteiger partial charge >= 0.3 is 0 Å². The highest BCUT2D eigenvalue weighted by Crippen LogP contribution is 2.22. The zero-order chi connectivity index (χ0) is 15.5. The van der Waals surface area contributed by atoms with E-state index in [0.717, 1.165) is 5.56 Å². The minimum atomic E-state index is -0.120. The number of benzene rings is 2. The van der Waals surface area contributed by atoms with Crippen LogP contribution >= 0.6 is 0 Å². The maximum atomic E-state index is 12.3. The van der Waals surface area contributed by atoms with E-state index in [2.05, 4.69) is 31.3 Å². The molecule has 3 nitrogen and oxygen atoms in total. The molecule has 0 saturated heterocycles. The Morgan fingerprint density at radius 1 is 1.14 bits per heavy atom. The molecule has 3 N–H and O–H groups in total. The van der Waals surface area contributed by atoms with E-state index >= 15 is 0 Å². The summed E-state index contributed by atoms with van der Waals surface area (Å²) in [6.07, 6.45) is 0. The average molecular weight is 282 g/mol. The number of hydrogen-bond acceptors (Lipinski definition) is 2. The lowest BCUT2D eigenvalue weighted by molar-refractivity contribution is 0.0945. The van der Waals surface area contributed by atoms with Crippen molar-refractivity contribution in [3.05, 3.63) is 65.2 Å². The third-order valence-electron chi connectivity index (χ3n) is 3.75. The summed E-state index contributed by atoms with van der Waals surface area (Å²) in [5.41, 5.74) is 9.01. The van der Waals surface area contributed by atoms with Crippen LogP contribution in [0.3, 0.4) is 0 Å². The second-order valence-corrected chi connectivity index (χ2v) is 6.01. The van der Waals surface area contributed by atoms with Crippen molar-refractivity contribution in [1.29, 1.82) is 0 Å². The topological polar surface area (TPSA) is 55.1 Å². The van der Waals surface area contributed by atoms with Gasteiger partial charge in [0.2, 0.25) is 0 Å². The van der Waals surface area contributed by atoms with Crippen LogP contribution in [-0.4, -0.2) is 12.5 Å². The highest BCUT2D eigenvalue weighted by Gasteiger charge is 2.21. The van der Waals surface area contributed by atoms with Crippen LogP contribution in [0.15, 0.2) is 48.5 Å². The van der Waals surface area contributed by atoms with Gasteiger partial charge in [-0.1, -0.05) is 50.2 Å². The number of carbonyl (C=O) groups is 1. The Morgan fingerprint density at radius 2 is 1.81 bits per heavy atom. The molecule has 0 heterocycles. The van der Waals surface area contributed by atoms with Crippen molar-refractivity contribution in [3.8, 4) is 0 Å². The number of aryl methyl sites for hydroxylation is 1. The predicted octanol–water partition coefficient (Wildman–Crippen LogP) is 3.28. The number of carbonyl (C=O) groups excluding carboxylic acids is 1. The summed E-state index contributed by atoms with van der Waals surface area (Å²) >= 11 is 0. The number of anilines is 1. The molecule has 0 saturated carbocycles. The summed E-state index contributed by atoms with van der Waals surface area (Å²) in [5.74, 6) is -0.0798. The van der Waals surface area contributed by atoms with Crippen LogP contribution in [0.1, 0.15) is 35.3 Å². The van der Waals surface area contributed by atoms with Crippen LogP contribution in [0.25, 0.3) is 0 Å². The minimum Gasteiger partial charge on any atom is -0.399 e. The van der Waals surface area contributed by atoms with Crippen LogP contribution < -0.4 is 11.1 Å². The first-order valence-electron chi connectivity index (χ1n) is 7.10. The van der Waals surface area contributed by atoms with E-state index in [1.165, 1.54) is 5.56 Å². The molecule has 2 rings (SSSR count). The Morgan fingerprint density at radius 3 is 2.48 bits per heavy atom. The van der Waals surface area contributed by atoms with Crippen molar-refractivity contribution in [1.82, 2.24) is 5.32 Å². The van der Waals surface area contributed by atoms with Crippen LogP contribution in [0.4, 0.5) is 5.69 Å². The van der Waals surface area contributed by atoms with Crippen LogP contribution in [-0.2, 0) is 5.41 Å². The standard InChI is InChI=1S/C18H22N2O/c1-13-9-10-15(19)11-16(13)17(21)20-12-18(2,3)14-7-5-4-6-8-14/h4-11H,12,19H2,1-3H3,(H,20,21). The van der Waals surface area contributed by atoms with Crippen molar-refractivity contribution < 1.29 is 4.79 Å². The van der Waals surface area contributed by atoms with Gasteiger partial charge in [0.05, 0.1) is 0 Å². The first kappa shape index (κ1) is 15.1. The van der Waals surface area contributed by atoms with E-state index in [0.29, 0.717) is 17.8 Å². The van der Waals surface area contributed by atoms with Crippen molar-refractivity contribution >= 4 is 11.6 Å². The maximum absolute atomic E-state index is 12.3. The van der Waals surface area contributed by atoms with Gasteiger partial charge in [0, 0.05) is 23.2 Å². The number of nitrogen functional groups attached to an aromatic ring is 1. The van der Waals surface area contributed by atoms with Crippen molar-refractivity contribution in [3.63, 3.8) is 0 Å². The summed E-state index contributed by atoms with van der Waals surface area (Å²) in [6, 6.07) is 15.6. The number of rotatable bonds is 4. The second kappa shape index (κ2) is 6.00. The van der Waals surface area contributed by atoms with Gasteiger partial charge in [-0.25, -0.2) is 0 Å². The molecule has 0 aliphatic rings. The number of nitrogens with one attached hydrogen (secondary N) is 1. The fourth-order valence-electron chi connectivity index (χ4n) is 2.27. The summed E-state index contributed by atoms with van der Waals surface area (Å²) < 4.78 is 0. The lowest BCUT2D eigenvalue weighted by Gasteiger charge is -2.25. The van der Waals surface area contributed by atoms with Crippen LogP contribution in [0.5, 0.6) is 0 Å². The highest BCUT2D eigenvalue weighted by atomic mass is 16.1. The molecule has 2 aromatic carbocycles. The van der Waals surface area contributed by atoms with Gasteiger partial charge in [-0.05, 0) is 30.2 Å². The van der Waals surface area contributed by atoms with Gasteiger partial charge in [-0.15, -0.1) is 0 Å². The molecule has 21 heavy (non-hydrogen) atoms. The molecule has 0 bridgehead atoms. The molecule has 2 aromatic rings. The fourth-order valence-corrected chi connectivity index (χ4v) is 2.27. The predicted molar refractivity (Wildman–Crippen MR) is 87.4 cm³/mol. The smallest absolute Gasteiger partial charge is 0.251 e. The largest absolute Gasteiger partial charge is 0.399 e. The Labute approximate surface area is 126 Å². The van der Waals surface area contributed by atoms with Gasteiger partial charge in [0.25, 0.3) is 5.91 Å². The highest BCUT2D eigenvalue weighted by molar-refractivity contribution is 5.96. The van der Waals surface area contributed by atoms with E-state index in [9.17, 15) is 4.79 Å². The minimum absolute atomic E-state index is 0.0798. The van der Waals surface area contributed by atoms with E-state index in [1.807, 2.05) is 31.2 Å². The van der Waals surface area contributed by atoms with Gasteiger partial charge in [-0.3, -0.25) is 4.79 Å². The van der Waals surface area contributed by atoms with Crippen molar-refractivity contribution in [2.24, 2.45) is 0 Å². The third-order valence-corrected chi connectivity index (χ3v) is 3.75. The van der Waals surface area contributed by atoms with Gasteiger partial charge in [0.1, 0.15) is 0 Å². The van der Waals surface area contributed by atoms with E-state index < -0.39 is 0 Å². The summed E-state index contributed by atoms with van der Waals surface area (Å²) in [7, 11) is 0. The molecule has 1 amide bonds. The lowest BCUT2D eigenvalue weighted by Crippen LogP contribution is -2.36. The molecule has 0 atom stereocenters. The zero-order valence-electron chi connectivity index (χ0n) is 12.8. The third kappa shape index (κ3) is 3.63. The van der Waals surface area contributed by atoms with Crippen molar-refractivity contribution in [2.45, 2.75) is 26.2 Å². The van der Waals surface area contributed by atoms with Crippen LogP contribution in [0.2, 0.25) is 0 Å². The van der Waals surface area contributed by atoms with E-state index in [-0.39, 0.29) is 11.3 Å². The van der Waals surface area contributed by atoms with Crippen LogP contribution in [0, 0.1) is 6.92 Å². The second-order valence-electron chi connectivity index (χ2n) is 6.01. The SMILES string of the molecule is Cc1ccc(N)cc1C(=O)NCC(C)(C)c1ccccc1. The number of nitrogens with two attached hydrogens (primary N) is 1. The van der Waals surface area contributed by atoms with Gasteiger partial charge < -0.3 is 11.1 Å². The summed E-state index contributed by atoms with van der Waals surface area (Å²) in [4.78, 5) is 12.3. The molecule has 0 aliphatic carbocycles. The summed E-state index contributed by atoms with van der Waals surface area (Å²) in [5, 5.41) is 3.01. The molecule has 0 spiro atoms. The summed E-state index contributed by atoms with van der Waals surface area (Å²) in [6.45, 7) is 6.73. The maximum Gasteiger partial charge on any atom is 0.251 e. The average Bonchev–Trinajstić information content (AvgIpc) is 2.48. The molecule has 0 aromatic heterocycles. The fraction of sp³-hybridized carbons (Fsp3) is 0.278. The Bertz CT molecular complexity index is 633. The molecule has 0 radical (unpaired) electrons. The Balaban J connectivity index is 2.09. The normalized spacial score (nSPS) is 11.2.